The highest BCUT2D eigenvalue weighted by Crippen LogP contribution is 2.15. The van der Waals surface area contributed by atoms with Crippen LogP contribution < -0.4 is 10.6 Å². The molecule has 1 aromatic carbocycles. The van der Waals surface area contributed by atoms with Gasteiger partial charge in [0, 0.05) is 16.6 Å². The van der Waals surface area contributed by atoms with E-state index >= 15 is 0 Å². The number of benzene rings is 1. The summed E-state index contributed by atoms with van der Waals surface area (Å²) in [7, 11) is 0. The van der Waals surface area contributed by atoms with Crippen LogP contribution in [0.25, 0.3) is 0 Å². The topological polar surface area (TPSA) is 24.1 Å². The summed E-state index contributed by atoms with van der Waals surface area (Å²) < 4.78 is 14.4. The molecule has 1 saturated heterocycles. The van der Waals surface area contributed by atoms with Gasteiger partial charge in [-0.05, 0) is 56.6 Å². The van der Waals surface area contributed by atoms with Crippen molar-refractivity contribution in [2.75, 3.05) is 19.6 Å². The van der Waals surface area contributed by atoms with Crippen molar-refractivity contribution in [3.05, 3.63) is 34.1 Å². The first kappa shape index (κ1) is 13.0. The first-order valence-electron chi connectivity index (χ1n) is 6.11. The maximum Gasteiger partial charge on any atom is 0.127 e. The average Bonchev–Trinajstić information content (AvgIpc) is 2.35. The lowest BCUT2D eigenvalue weighted by Crippen LogP contribution is -2.35. The first-order chi connectivity index (χ1) is 8.25. The Morgan fingerprint density at radius 1 is 1.47 bits per heavy atom. The summed E-state index contributed by atoms with van der Waals surface area (Å²) in [6.45, 7) is 3.77. The van der Waals surface area contributed by atoms with E-state index in [1.165, 1.54) is 18.9 Å². The van der Waals surface area contributed by atoms with Crippen LogP contribution in [0.1, 0.15) is 18.4 Å². The Hall–Kier alpha value is -0.450. The van der Waals surface area contributed by atoms with Gasteiger partial charge in [-0.3, -0.25) is 0 Å². The maximum atomic E-state index is 13.5. The molecule has 2 N–H and O–H groups in total. The van der Waals surface area contributed by atoms with Crippen molar-refractivity contribution in [2.24, 2.45) is 5.92 Å². The molecule has 17 heavy (non-hydrogen) atoms. The molecule has 94 valence electrons. The van der Waals surface area contributed by atoms with Crippen molar-refractivity contribution >= 4 is 15.9 Å². The Kier molecular flexibility index (Phi) is 4.95. The summed E-state index contributed by atoms with van der Waals surface area (Å²) in [6.07, 6.45) is 2.51. The summed E-state index contributed by atoms with van der Waals surface area (Å²) in [4.78, 5) is 0. The number of nitrogens with one attached hydrogen (secondary N) is 2. The largest absolute Gasteiger partial charge is 0.316 e. The highest BCUT2D eigenvalue weighted by molar-refractivity contribution is 9.10. The van der Waals surface area contributed by atoms with Crippen LogP contribution in [-0.2, 0) is 6.54 Å². The molecule has 1 fully saturated rings. The minimum Gasteiger partial charge on any atom is -0.316 e. The van der Waals surface area contributed by atoms with Gasteiger partial charge < -0.3 is 10.6 Å². The van der Waals surface area contributed by atoms with Crippen molar-refractivity contribution in [3.63, 3.8) is 0 Å². The number of halogens is 2. The molecule has 0 aliphatic carbocycles. The lowest BCUT2D eigenvalue weighted by molar-refractivity contribution is 0.359. The standard InChI is InChI=1S/C13H18BrFN2/c14-12-3-4-13(15)11(6-12)9-17-8-10-2-1-5-16-7-10/h3-4,6,10,16-17H,1-2,5,7-9H2. The molecule has 1 unspecified atom stereocenters. The minimum absolute atomic E-state index is 0.137. The molecule has 2 rings (SSSR count). The zero-order valence-corrected chi connectivity index (χ0v) is 11.4. The fourth-order valence-electron chi connectivity index (χ4n) is 2.19. The van der Waals surface area contributed by atoms with Crippen molar-refractivity contribution in [1.29, 1.82) is 0 Å². The Bertz CT molecular complexity index is 364. The van der Waals surface area contributed by atoms with Gasteiger partial charge in [0.15, 0.2) is 0 Å². The Morgan fingerprint density at radius 2 is 2.35 bits per heavy atom. The molecule has 0 spiro atoms. The molecule has 0 aromatic heterocycles. The highest BCUT2D eigenvalue weighted by atomic mass is 79.9. The first-order valence-corrected chi connectivity index (χ1v) is 6.90. The number of piperidine rings is 1. The Morgan fingerprint density at radius 3 is 3.12 bits per heavy atom. The Labute approximate surface area is 110 Å². The number of hydrogen-bond acceptors (Lipinski definition) is 2. The van der Waals surface area contributed by atoms with Gasteiger partial charge in [-0.1, -0.05) is 15.9 Å². The molecule has 1 aliphatic rings. The summed E-state index contributed by atoms with van der Waals surface area (Å²) in [5.74, 6) is 0.543. The molecule has 0 amide bonds. The van der Waals surface area contributed by atoms with E-state index in [4.69, 9.17) is 0 Å². The second kappa shape index (κ2) is 6.47. The second-order valence-electron chi connectivity index (χ2n) is 4.58. The number of rotatable bonds is 4. The van der Waals surface area contributed by atoms with Gasteiger partial charge in [0.25, 0.3) is 0 Å². The summed E-state index contributed by atoms with van der Waals surface area (Å²) in [6, 6.07) is 5.06. The van der Waals surface area contributed by atoms with E-state index in [0.717, 1.165) is 29.7 Å². The van der Waals surface area contributed by atoms with Gasteiger partial charge >= 0.3 is 0 Å². The predicted octanol–water partition coefficient (Wildman–Crippen LogP) is 2.68. The fraction of sp³-hybridized carbons (Fsp3) is 0.538. The lowest BCUT2D eigenvalue weighted by Gasteiger charge is -2.23. The fourth-order valence-corrected chi connectivity index (χ4v) is 2.60. The summed E-state index contributed by atoms with van der Waals surface area (Å²) >= 11 is 3.36. The van der Waals surface area contributed by atoms with E-state index in [-0.39, 0.29) is 5.82 Å². The third-order valence-corrected chi connectivity index (χ3v) is 3.65. The molecule has 0 bridgehead atoms. The van der Waals surface area contributed by atoms with Gasteiger partial charge in [-0.25, -0.2) is 4.39 Å². The van der Waals surface area contributed by atoms with Crippen LogP contribution in [0.5, 0.6) is 0 Å². The van der Waals surface area contributed by atoms with Crippen LogP contribution in [0.4, 0.5) is 4.39 Å². The number of hydrogen-bond donors (Lipinski definition) is 2. The molecule has 4 heteroatoms. The van der Waals surface area contributed by atoms with Crippen molar-refractivity contribution < 1.29 is 4.39 Å². The molecule has 2 nitrogen and oxygen atoms in total. The van der Waals surface area contributed by atoms with E-state index in [9.17, 15) is 4.39 Å². The van der Waals surface area contributed by atoms with E-state index < -0.39 is 0 Å². The zero-order valence-electron chi connectivity index (χ0n) is 9.81. The van der Waals surface area contributed by atoms with Crippen molar-refractivity contribution in [3.8, 4) is 0 Å². The van der Waals surface area contributed by atoms with E-state index in [2.05, 4.69) is 26.6 Å². The van der Waals surface area contributed by atoms with Crippen LogP contribution in [0, 0.1) is 11.7 Å². The van der Waals surface area contributed by atoms with Gasteiger partial charge in [0.05, 0.1) is 0 Å². The quantitative estimate of drug-likeness (QED) is 0.893. The van der Waals surface area contributed by atoms with Gasteiger partial charge in [0.1, 0.15) is 5.82 Å². The molecule has 1 heterocycles. The SMILES string of the molecule is Fc1ccc(Br)cc1CNCC1CCCNC1. The molecule has 0 saturated carbocycles. The second-order valence-corrected chi connectivity index (χ2v) is 5.49. The van der Waals surface area contributed by atoms with E-state index in [1.54, 1.807) is 6.07 Å². The summed E-state index contributed by atoms with van der Waals surface area (Å²) in [5.41, 5.74) is 0.725. The molecular formula is C13H18BrFN2. The monoisotopic (exact) mass is 300 g/mol. The van der Waals surface area contributed by atoms with Crippen LogP contribution in [0.2, 0.25) is 0 Å². The average molecular weight is 301 g/mol. The molecule has 1 aliphatic heterocycles. The Balaban J connectivity index is 1.79. The molecular weight excluding hydrogens is 283 g/mol. The zero-order chi connectivity index (χ0) is 12.1. The molecule has 1 atom stereocenters. The molecule has 1 aromatic rings. The third kappa shape index (κ3) is 4.05. The van der Waals surface area contributed by atoms with Crippen LogP contribution in [0.15, 0.2) is 22.7 Å². The maximum absolute atomic E-state index is 13.5. The molecule has 0 radical (unpaired) electrons. The van der Waals surface area contributed by atoms with Crippen molar-refractivity contribution in [1.82, 2.24) is 10.6 Å². The van der Waals surface area contributed by atoms with Gasteiger partial charge in [0.2, 0.25) is 0 Å². The summed E-state index contributed by atoms with van der Waals surface area (Å²) in [5, 5.41) is 6.72. The normalized spacial score (nSPS) is 20.5. The van der Waals surface area contributed by atoms with Crippen LogP contribution >= 0.6 is 15.9 Å². The predicted molar refractivity (Wildman–Crippen MR) is 71.4 cm³/mol. The van der Waals surface area contributed by atoms with Gasteiger partial charge in [-0.15, -0.1) is 0 Å². The van der Waals surface area contributed by atoms with Gasteiger partial charge in [-0.2, -0.15) is 0 Å². The van der Waals surface area contributed by atoms with Crippen LogP contribution in [-0.4, -0.2) is 19.6 Å². The lowest BCUT2D eigenvalue weighted by atomic mass is 10.00. The smallest absolute Gasteiger partial charge is 0.127 e. The van der Waals surface area contributed by atoms with E-state index in [0.29, 0.717) is 12.5 Å². The highest BCUT2D eigenvalue weighted by Gasteiger charge is 2.12. The van der Waals surface area contributed by atoms with Crippen LogP contribution in [0.3, 0.4) is 0 Å². The van der Waals surface area contributed by atoms with Crippen molar-refractivity contribution in [2.45, 2.75) is 19.4 Å². The minimum atomic E-state index is -0.137. The van der Waals surface area contributed by atoms with E-state index in [1.807, 2.05) is 6.07 Å². The third-order valence-electron chi connectivity index (χ3n) is 3.16.